The first kappa shape index (κ1) is 31.3. The maximum absolute atomic E-state index is 10.5. The van der Waals surface area contributed by atoms with Crippen LogP contribution in [0.4, 0.5) is 0 Å². The second-order valence-corrected chi connectivity index (χ2v) is 4.63. The molecule has 2 N–H and O–H groups in total. The molecule has 1 amide bonds. The third-order valence-corrected chi connectivity index (χ3v) is 2.27. The van der Waals surface area contributed by atoms with Gasteiger partial charge in [0.2, 0.25) is 5.91 Å². The Morgan fingerprint density at radius 3 is 1.45 bits per heavy atom. The van der Waals surface area contributed by atoms with E-state index < -0.39 is 0 Å². The van der Waals surface area contributed by atoms with E-state index in [1.54, 1.807) is 0 Å². The fourth-order valence-corrected chi connectivity index (χ4v) is 0.608. The highest BCUT2D eigenvalue weighted by Crippen LogP contribution is 2.27. The summed E-state index contributed by atoms with van der Waals surface area (Å²) in [5, 5.41) is 0. The molecule has 1 atom stereocenters. The molecule has 0 aliphatic rings. The van der Waals surface area contributed by atoms with E-state index in [1.165, 1.54) is 0 Å². The first-order valence-electron chi connectivity index (χ1n) is 7.43. The van der Waals surface area contributed by atoms with Gasteiger partial charge in [0.1, 0.15) is 6.79 Å². The minimum Gasteiger partial charge on any atom is -0.370 e. The van der Waals surface area contributed by atoms with Crippen LogP contribution in [-0.4, -0.2) is 12.7 Å². The molecule has 20 heavy (non-hydrogen) atoms. The summed E-state index contributed by atoms with van der Waals surface area (Å²) in [4.78, 5) is 18.5. The summed E-state index contributed by atoms with van der Waals surface area (Å²) in [6.45, 7) is 23.9. The lowest BCUT2D eigenvalue weighted by atomic mass is 9.80. The summed E-state index contributed by atoms with van der Waals surface area (Å²) in [5.74, 6) is 0.160. The number of rotatable bonds is 3. The molecule has 0 radical (unpaired) electrons. The van der Waals surface area contributed by atoms with E-state index in [9.17, 15) is 4.79 Å². The standard InChI is InChI=1S/C8H17NO.C4H8.2C2H6.CH2O/c1-6(5-7(9)10)8(2,3)4;1-3-4-2;3*1-2/h6H,5H2,1-4H3,(H2,9,10);3H,1,4H2,2H3;2*1-2H3;1H2. The molecule has 1 unspecified atom stereocenters. The Kier molecular flexibility index (Phi) is 41.4. The van der Waals surface area contributed by atoms with Gasteiger partial charge in [0.05, 0.1) is 0 Å². The van der Waals surface area contributed by atoms with Crippen LogP contribution in [-0.2, 0) is 9.59 Å². The largest absolute Gasteiger partial charge is 0.370 e. The average Bonchev–Trinajstić information content (AvgIpc) is 2.44. The van der Waals surface area contributed by atoms with Crippen LogP contribution in [0.5, 0.6) is 0 Å². The first-order valence-corrected chi connectivity index (χ1v) is 7.43. The molecule has 0 fully saturated rings. The van der Waals surface area contributed by atoms with Gasteiger partial charge in [-0.1, -0.05) is 68.4 Å². The Balaban J connectivity index is -0.0000000627. The third kappa shape index (κ3) is 43.6. The quantitative estimate of drug-likeness (QED) is 0.744. The smallest absolute Gasteiger partial charge is 0.217 e. The van der Waals surface area contributed by atoms with E-state index in [2.05, 4.69) is 34.3 Å². The number of hydrogen-bond donors (Lipinski definition) is 1. The van der Waals surface area contributed by atoms with Crippen molar-refractivity contribution in [3.8, 4) is 0 Å². The zero-order chi connectivity index (χ0) is 17.8. The molecular formula is C17H39NO2. The maximum atomic E-state index is 10.5. The van der Waals surface area contributed by atoms with Gasteiger partial charge < -0.3 is 10.5 Å². The highest BCUT2D eigenvalue weighted by Gasteiger charge is 2.21. The van der Waals surface area contributed by atoms with Crippen molar-refractivity contribution in [3.05, 3.63) is 12.7 Å². The predicted molar refractivity (Wildman–Crippen MR) is 92.7 cm³/mol. The van der Waals surface area contributed by atoms with Gasteiger partial charge in [0.15, 0.2) is 0 Å². The van der Waals surface area contributed by atoms with E-state index in [1.807, 2.05) is 47.5 Å². The van der Waals surface area contributed by atoms with Gasteiger partial charge in [-0.25, -0.2) is 0 Å². The fourth-order valence-electron chi connectivity index (χ4n) is 0.608. The molecule has 0 aliphatic heterocycles. The Bertz CT molecular complexity index is 184. The van der Waals surface area contributed by atoms with Crippen LogP contribution in [0.1, 0.15) is 75.2 Å². The molecule has 0 saturated heterocycles. The summed E-state index contributed by atoms with van der Waals surface area (Å²) in [6.07, 6.45) is 3.45. The molecule has 0 aliphatic carbocycles. The zero-order valence-corrected chi connectivity index (χ0v) is 15.4. The minimum atomic E-state index is -0.206. The molecule has 3 heteroatoms. The lowest BCUT2D eigenvalue weighted by Crippen LogP contribution is -2.23. The molecule has 0 rings (SSSR count). The number of amides is 1. The summed E-state index contributed by atoms with van der Waals surface area (Å²) < 4.78 is 0. The van der Waals surface area contributed by atoms with Crippen molar-refractivity contribution in [2.24, 2.45) is 17.1 Å². The molecule has 0 heterocycles. The Morgan fingerprint density at radius 2 is 1.40 bits per heavy atom. The van der Waals surface area contributed by atoms with Crippen LogP contribution >= 0.6 is 0 Å². The molecule has 0 aromatic heterocycles. The maximum Gasteiger partial charge on any atom is 0.217 e. The topological polar surface area (TPSA) is 60.2 Å². The molecule has 3 nitrogen and oxygen atoms in total. The van der Waals surface area contributed by atoms with Crippen LogP contribution in [0.25, 0.3) is 0 Å². The van der Waals surface area contributed by atoms with Crippen molar-refractivity contribution in [1.82, 2.24) is 0 Å². The predicted octanol–water partition coefficient (Wildman–Crippen LogP) is 4.99. The van der Waals surface area contributed by atoms with Crippen LogP contribution in [0.2, 0.25) is 0 Å². The van der Waals surface area contributed by atoms with E-state index in [0.29, 0.717) is 12.3 Å². The number of primary amides is 1. The number of hydrogen-bond acceptors (Lipinski definition) is 2. The van der Waals surface area contributed by atoms with E-state index in [4.69, 9.17) is 10.5 Å². The number of carbonyl (C=O) groups is 2. The van der Waals surface area contributed by atoms with Gasteiger partial charge in [-0.05, 0) is 17.8 Å². The monoisotopic (exact) mass is 289 g/mol. The molecule has 0 spiro atoms. The summed E-state index contributed by atoms with van der Waals surface area (Å²) in [6, 6.07) is 0. The average molecular weight is 290 g/mol. The summed E-state index contributed by atoms with van der Waals surface area (Å²) in [7, 11) is 0. The lowest BCUT2D eigenvalue weighted by Gasteiger charge is -2.25. The van der Waals surface area contributed by atoms with Crippen molar-refractivity contribution >= 4 is 12.7 Å². The first-order chi connectivity index (χ1) is 9.25. The molecule has 0 bridgehead atoms. The van der Waals surface area contributed by atoms with Crippen LogP contribution in [0.15, 0.2) is 12.7 Å². The highest BCUT2D eigenvalue weighted by molar-refractivity contribution is 5.74. The van der Waals surface area contributed by atoms with Gasteiger partial charge >= 0.3 is 0 Å². The van der Waals surface area contributed by atoms with Gasteiger partial charge in [0, 0.05) is 6.42 Å². The Hall–Kier alpha value is -1.12. The molecule has 0 aromatic carbocycles. The lowest BCUT2D eigenvalue weighted by molar-refractivity contribution is -0.119. The van der Waals surface area contributed by atoms with Crippen LogP contribution < -0.4 is 5.73 Å². The van der Waals surface area contributed by atoms with E-state index in [0.717, 1.165) is 6.42 Å². The van der Waals surface area contributed by atoms with Crippen molar-refractivity contribution in [3.63, 3.8) is 0 Å². The number of carbonyl (C=O) groups excluding carboxylic acids is 2. The second kappa shape index (κ2) is 26.4. The van der Waals surface area contributed by atoms with Gasteiger partial charge in [-0.3, -0.25) is 4.79 Å². The van der Waals surface area contributed by atoms with E-state index in [-0.39, 0.29) is 11.3 Å². The van der Waals surface area contributed by atoms with Crippen LogP contribution in [0.3, 0.4) is 0 Å². The molecule has 0 saturated carbocycles. The molecule has 0 aromatic rings. The van der Waals surface area contributed by atoms with E-state index >= 15 is 0 Å². The van der Waals surface area contributed by atoms with Crippen molar-refractivity contribution in [1.29, 1.82) is 0 Å². The zero-order valence-electron chi connectivity index (χ0n) is 15.4. The molecule has 124 valence electrons. The molecular weight excluding hydrogens is 250 g/mol. The third-order valence-electron chi connectivity index (χ3n) is 2.27. The second-order valence-electron chi connectivity index (χ2n) is 4.63. The van der Waals surface area contributed by atoms with Gasteiger partial charge in [-0.2, -0.15) is 0 Å². The van der Waals surface area contributed by atoms with Gasteiger partial charge in [0.25, 0.3) is 0 Å². The van der Waals surface area contributed by atoms with Crippen molar-refractivity contribution in [2.45, 2.75) is 75.2 Å². The Labute approximate surface area is 128 Å². The fraction of sp³-hybridized carbons (Fsp3) is 0.765. The number of allylic oxidation sites excluding steroid dienone is 1. The summed E-state index contributed by atoms with van der Waals surface area (Å²) >= 11 is 0. The summed E-state index contributed by atoms with van der Waals surface area (Å²) in [5.41, 5.74) is 5.24. The Morgan fingerprint density at radius 1 is 1.15 bits per heavy atom. The van der Waals surface area contributed by atoms with Gasteiger partial charge in [-0.15, -0.1) is 6.58 Å². The number of nitrogens with two attached hydrogens (primary N) is 1. The minimum absolute atomic E-state index is 0.190. The SMILES string of the molecule is C=CCC.C=O.CC.CC.CC(CC(N)=O)C(C)(C)C. The van der Waals surface area contributed by atoms with Crippen molar-refractivity contribution in [2.75, 3.05) is 0 Å². The van der Waals surface area contributed by atoms with Crippen molar-refractivity contribution < 1.29 is 9.59 Å². The van der Waals surface area contributed by atoms with Crippen LogP contribution in [0, 0.1) is 11.3 Å². The highest BCUT2D eigenvalue weighted by atomic mass is 16.1. The normalized spacial score (nSPS) is 9.45.